The molecule has 0 atom stereocenters. The molecule has 6 heteroatoms. The second kappa shape index (κ2) is 7.59. The van der Waals surface area contributed by atoms with Crippen molar-refractivity contribution in [2.45, 2.75) is 13.3 Å². The van der Waals surface area contributed by atoms with Crippen LogP contribution in [-0.2, 0) is 20.7 Å². The van der Waals surface area contributed by atoms with Crippen molar-refractivity contribution in [3.8, 4) is 11.3 Å². The molecule has 0 fully saturated rings. The van der Waals surface area contributed by atoms with E-state index in [2.05, 4.69) is 17.4 Å². The van der Waals surface area contributed by atoms with Crippen LogP contribution in [0.5, 0.6) is 0 Å². The second-order valence-electron chi connectivity index (χ2n) is 5.39. The highest BCUT2D eigenvalue weighted by atomic mass is 32.1. The number of methoxy groups -OCH3 is 1. The highest BCUT2D eigenvalue weighted by Gasteiger charge is 2.23. The van der Waals surface area contributed by atoms with E-state index in [4.69, 9.17) is 14.5 Å². The summed E-state index contributed by atoms with van der Waals surface area (Å²) in [5.74, 6) is -0.314. The Labute approximate surface area is 145 Å². The molecule has 1 aromatic carbocycles. The quantitative estimate of drug-likeness (QED) is 0.405. The first-order valence-corrected chi connectivity index (χ1v) is 8.73. The lowest BCUT2D eigenvalue weighted by Gasteiger charge is -2.03. The molecule has 1 aromatic heterocycles. The molecule has 3 rings (SSSR count). The molecule has 0 radical (unpaired) electrons. The van der Waals surface area contributed by atoms with Crippen molar-refractivity contribution in [1.29, 1.82) is 0 Å². The van der Waals surface area contributed by atoms with Crippen molar-refractivity contribution in [1.82, 2.24) is 4.98 Å². The SMILES string of the molecule is CCOC(=O)/C=C/c1ccc2c(c1)Cc1sc(NCCOC)nc1-2. The summed E-state index contributed by atoms with van der Waals surface area (Å²) in [5, 5.41) is 4.22. The Morgan fingerprint density at radius 1 is 1.46 bits per heavy atom. The number of benzene rings is 1. The predicted molar refractivity (Wildman–Crippen MR) is 96.4 cm³/mol. The molecule has 0 amide bonds. The number of carbonyl (C=O) groups is 1. The van der Waals surface area contributed by atoms with Crippen LogP contribution in [0.25, 0.3) is 17.3 Å². The number of nitrogens with one attached hydrogen (secondary N) is 1. The van der Waals surface area contributed by atoms with Gasteiger partial charge in [-0.1, -0.05) is 18.2 Å². The van der Waals surface area contributed by atoms with E-state index in [-0.39, 0.29) is 5.97 Å². The summed E-state index contributed by atoms with van der Waals surface area (Å²) in [6.45, 7) is 3.61. The van der Waals surface area contributed by atoms with Crippen LogP contribution in [0.4, 0.5) is 5.13 Å². The number of anilines is 1. The van der Waals surface area contributed by atoms with Crippen LogP contribution in [0.2, 0.25) is 0 Å². The van der Waals surface area contributed by atoms with Crippen molar-refractivity contribution in [3.63, 3.8) is 0 Å². The van der Waals surface area contributed by atoms with Gasteiger partial charge in [0.1, 0.15) is 0 Å². The minimum Gasteiger partial charge on any atom is -0.463 e. The summed E-state index contributed by atoms with van der Waals surface area (Å²) in [6, 6.07) is 6.18. The van der Waals surface area contributed by atoms with Gasteiger partial charge in [0.15, 0.2) is 5.13 Å². The molecule has 0 spiro atoms. The fourth-order valence-corrected chi connectivity index (χ4v) is 3.66. The van der Waals surface area contributed by atoms with E-state index < -0.39 is 0 Å². The van der Waals surface area contributed by atoms with Crippen LogP contribution < -0.4 is 5.32 Å². The number of ether oxygens (including phenoxy) is 2. The number of hydrogen-bond donors (Lipinski definition) is 1. The fraction of sp³-hybridized carbons (Fsp3) is 0.333. The third-order valence-electron chi connectivity index (χ3n) is 3.71. The molecular weight excluding hydrogens is 324 g/mol. The molecule has 2 aromatic rings. The van der Waals surface area contributed by atoms with E-state index in [1.807, 2.05) is 6.07 Å². The average Bonchev–Trinajstić information content (AvgIpc) is 3.10. The standard InChI is InChI=1S/C18H20N2O3S/c1-3-23-16(21)7-5-12-4-6-14-13(10-12)11-15-17(14)20-18(24-15)19-8-9-22-2/h4-7,10H,3,8-9,11H2,1-2H3,(H,19,20)/b7-5+. The van der Waals surface area contributed by atoms with Gasteiger partial charge in [-0.15, -0.1) is 11.3 Å². The number of hydrogen-bond acceptors (Lipinski definition) is 6. The molecule has 0 bridgehead atoms. The first-order chi connectivity index (χ1) is 11.7. The lowest BCUT2D eigenvalue weighted by molar-refractivity contribution is -0.137. The minimum atomic E-state index is -0.314. The zero-order valence-corrected chi connectivity index (χ0v) is 14.6. The molecule has 0 saturated carbocycles. The van der Waals surface area contributed by atoms with E-state index in [0.29, 0.717) is 13.2 Å². The van der Waals surface area contributed by atoms with Gasteiger partial charge in [-0.3, -0.25) is 0 Å². The first kappa shape index (κ1) is 16.7. The molecule has 0 unspecified atom stereocenters. The van der Waals surface area contributed by atoms with Crippen LogP contribution in [-0.4, -0.2) is 37.8 Å². The lowest BCUT2D eigenvalue weighted by Crippen LogP contribution is -2.07. The van der Waals surface area contributed by atoms with Crippen LogP contribution >= 0.6 is 11.3 Å². The molecule has 24 heavy (non-hydrogen) atoms. The van der Waals surface area contributed by atoms with Crippen molar-refractivity contribution in [2.24, 2.45) is 0 Å². The van der Waals surface area contributed by atoms with Crippen LogP contribution in [0.1, 0.15) is 22.9 Å². The molecule has 126 valence electrons. The van der Waals surface area contributed by atoms with Gasteiger partial charge < -0.3 is 14.8 Å². The maximum Gasteiger partial charge on any atom is 0.330 e. The van der Waals surface area contributed by atoms with E-state index in [0.717, 1.165) is 29.4 Å². The van der Waals surface area contributed by atoms with E-state index in [1.165, 1.54) is 22.1 Å². The third-order valence-corrected chi connectivity index (χ3v) is 4.73. The van der Waals surface area contributed by atoms with Crippen molar-refractivity contribution in [3.05, 3.63) is 40.3 Å². The minimum absolute atomic E-state index is 0.314. The van der Waals surface area contributed by atoms with Gasteiger partial charge in [0, 0.05) is 36.6 Å². The van der Waals surface area contributed by atoms with Gasteiger partial charge >= 0.3 is 5.97 Å². The Morgan fingerprint density at radius 2 is 2.33 bits per heavy atom. The summed E-state index contributed by atoms with van der Waals surface area (Å²) >= 11 is 1.69. The summed E-state index contributed by atoms with van der Waals surface area (Å²) in [7, 11) is 1.69. The van der Waals surface area contributed by atoms with Gasteiger partial charge in [-0.2, -0.15) is 0 Å². The van der Waals surface area contributed by atoms with Crippen LogP contribution in [0.3, 0.4) is 0 Å². The largest absolute Gasteiger partial charge is 0.463 e. The Hall–Kier alpha value is -2.18. The zero-order chi connectivity index (χ0) is 16.9. The van der Waals surface area contributed by atoms with Gasteiger partial charge in [-0.25, -0.2) is 9.78 Å². The lowest BCUT2D eigenvalue weighted by atomic mass is 10.1. The normalized spacial score (nSPS) is 12.2. The topological polar surface area (TPSA) is 60.5 Å². The third kappa shape index (κ3) is 3.66. The smallest absolute Gasteiger partial charge is 0.330 e. The Bertz CT molecular complexity index is 768. The summed E-state index contributed by atoms with van der Waals surface area (Å²) in [4.78, 5) is 17.4. The number of carbonyl (C=O) groups excluding carboxylic acids is 1. The van der Waals surface area contributed by atoms with Crippen molar-refractivity contribution in [2.75, 3.05) is 32.2 Å². The van der Waals surface area contributed by atoms with Crippen molar-refractivity contribution < 1.29 is 14.3 Å². The first-order valence-electron chi connectivity index (χ1n) is 7.92. The highest BCUT2D eigenvalue weighted by Crippen LogP contribution is 2.41. The molecule has 1 heterocycles. The zero-order valence-electron chi connectivity index (χ0n) is 13.8. The number of esters is 1. The summed E-state index contributed by atoms with van der Waals surface area (Å²) in [6.07, 6.45) is 4.14. The maximum absolute atomic E-state index is 11.4. The second-order valence-corrected chi connectivity index (χ2v) is 6.47. The number of nitrogens with zero attached hydrogens (tertiary/aromatic N) is 1. The Kier molecular flexibility index (Phi) is 5.27. The molecular formula is C18H20N2O3S. The van der Waals surface area contributed by atoms with E-state index in [9.17, 15) is 4.79 Å². The van der Waals surface area contributed by atoms with E-state index >= 15 is 0 Å². The van der Waals surface area contributed by atoms with Gasteiger partial charge in [0.25, 0.3) is 0 Å². The van der Waals surface area contributed by atoms with Crippen molar-refractivity contribution >= 4 is 28.5 Å². The molecule has 1 aliphatic rings. The maximum atomic E-state index is 11.4. The molecule has 5 nitrogen and oxygen atoms in total. The monoisotopic (exact) mass is 344 g/mol. The molecule has 1 N–H and O–H groups in total. The van der Waals surface area contributed by atoms with Gasteiger partial charge in [-0.05, 0) is 24.1 Å². The van der Waals surface area contributed by atoms with Gasteiger partial charge in [0.05, 0.1) is 18.9 Å². The average molecular weight is 344 g/mol. The Morgan fingerprint density at radius 3 is 3.12 bits per heavy atom. The van der Waals surface area contributed by atoms with Crippen LogP contribution in [0.15, 0.2) is 24.3 Å². The predicted octanol–water partition coefficient (Wildman–Crippen LogP) is 3.35. The molecule has 0 saturated heterocycles. The van der Waals surface area contributed by atoms with E-state index in [1.54, 1.807) is 31.4 Å². The number of rotatable bonds is 7. The summed E-state index contributed by atoms with van der Waals surface area (Å²) < 4.78 is 9.94. The number of thiazole rings is 1. The molecule has 1 aliphatic carbocycles. The summed E-state index contributed by atoms with van der Waals surface area (Å²) in [5.41, 5.74) is 4.48. The fourth-order valence-electron chi connectivity index (χ4n) is 2.64. The Balaban J connectivity index is 1.72. The molecule has 0 aliphatic heterocycles. The van der Waals surface area contributed by atoms with Gasteiger partial charge in [0.2, 0.25) is 0 Å². The number of fused-ring (bicyclic) bond motifs is 3. The highest BCUT2D eigenvalue weighted by molar-refractivity contribution is 7.16. The number of aromatic nitrogens is 1. The van der Waals surface area contributed by atoms with Crippen LogP contribution in [0, 0.1) is 0 Å².